The van der Waals surface area contributed by atoms with E-state index in [0.29, 0.717) is 5.92 Å². The molecule has 0 aromatic rings. The van der Waals surface area contributed by atoms with E-state index in [2.05, 4.69) is 33.0 Å². The van der Waals surface area contributed by atoms with E-state index in [1.807, 2.05) is 6.92 Å². The first-order valence-corrected chi connectivity index (χ1v) is 5.19. The minimum atomic E-state index is -0.180. The SMILES string of the molecule is CC(O)C1CC(C)(C)NC(C)(C)C1. The molecule has 0 aromatic heterocycles. The third-order valence-corrected chi connectivity index (χ3v) is 2.90. The zero-order chi connectivity index (χ0) is 10.3. The Morgan fingerprint density at radius 1 is 1.15 bits per heavy atom. The summed E-state index contributed by atoms with van der Waals surface area (Å²) in [7, 11) is 0. The summed E-state index contributed by atoms with van der Waals surface area (Å²) in [6.07, 6.45) is 1.95. The molecule has 1 aliphatic heterocycles. The Kier molecular flexibility index (Phi) is 2.75. The minimum absolute atomic E-state index is 0.156. The van der Waals surface area contributed by atoms with Gasteiger partial charge in [-0.05, 0) is 53.4 Å². The second kappa shape index (κ2) is 3.25. The van der Waals surface area contributed by atoms with Gasteiger partial charge in [0.05, 0.1) is 6.10 Å². The van der Waals surface area contributed by atoms with Gasteiger partial charge in [-0.3, -0.25) is 0 Å². The van der Waals surface area contributed by atoms with E-state index < -0.39 is 0 Å². The minimum Gasteiger partial charge on any atom is -0.393 e. The topological polar surface area (TPSA) is 32.3 Å². The van der Waals surface area contributed by atoms with Crippen LogP contribution in [0.4, 0.5) is 0 Å². The molecule has 0 spiro atoms. The Labute approximate surface area is 81.7 Å². The highest BCUT2D eigenvalue weighted by atomic mass is 16.3. The molecule has 1 heterocycles. The Morgan fingerprint density at radius 2 is 1.54 bits per heavy atom. The van der Waals surface area contributed by atoms with Gasteiger partial charge in [0.1, 0.15) is 0 Å². The first-order chi connectivity index (χ1) is 5.72. The molecular weight excluding hydrogens is 162 g/mol. The van der Waals surface area contributed by atoms with Crippen LogP contribution >= 0.6 is 0 Å². The fourth-order valence-electron chi connectivity index (χ4n) is 2.74. The third-order valence-electron chi connectivity index (χ3n) is 2.90. The first-order valence-electron chi connectivity index (χ1n) is 5.19. The molecule has 0 bridgehead atoms. The average molecular weight is 185 g/mol. The van der Waals surface area contributed by atoms with E-state index in [1.54, 1.807) is 0 Å². The lowest BCUT2D eigenvalue weighted by Crippen LogP contribution is -2.59. The molecule has 1 fully saturated rings. The van der Waals surface area contributed by atoms with Crippen molar-refractivity contribution in [1.29, 1.82) is 0 Å². The van der Waals surface area contributed by atoms with Crippen LogP contribution in [0.25, 0.3) is 0 Å². The Morgan fingerprint density at radius 3 is 1.85 bits per heavy atom. The molecule has 1 aliphatic rings. The zero-order valence-corrected chi connectivity index (χ0v) is 9.52. The molecule has 0 radical (unpaired) electrons. The molecule has 2 N–H and O–H groups in total. The Hall–Kier alpha value is -0.0800. The third kappa shape index (κ3) is 2.96. The van der Waals surface area contributed by atoms with E-state index in [9.17, 15) is 5.11 Å². The van der Waals surface area contributed by atoms with Crippen molar-refractivity contribution in [2.75, 3.05) is 0 Å². The van der Waals surface area contributed by atoms with Crippen molar-refractivity contribution < 1.29 is 5.11 Å². The lowest BCUT2D eigenvalue weighted by Gasteiger charge is -2.47. The maximum Gasteiger partial charge on any atom is 0.0541 e. The molecule has 0 saturated carbocycles. The average Bonchev–Trinajstić information content (AvgIpc) is 1.79. The van der Waals surface area contributed by atoms with Gasteiger partial charge in [0.2, 0.25) is 0 Å². The van der Waals surface area contributed by atoms with Crippen LogP contribution in [0.1, 0.15) is 47.5 Å². The van der Waals surface area contributed by atoms with Crippen LogP contribution in [-0.4, -0.2) is 22.3 Å². The van der Waals surface area contributed by atoms with E-state index in [1.165, 1.54) is 0 Å². The molecule has 0 aromatic carbocycles. The summed E-state index contributed by atoms with van der Waals surface area (Å²) in [5, 5.41) is 13.2. The van der Waals surface area contributed by atoms with Gasteiger partial charge in [-0.15, -0.1) is 0 Å². The lowest BCUT2D eigenvalue weighted by molar-refractivity contribution is 0.0373. The predicted octanol–water partition coefficient (Wildman–Crippen LogP) is 1.92. The van der Waals surface area contributed by atoms with Crippen molar-refractivity contribution in [2.45, 2.75) is 64.6 Å². The van der Waals surface area contributed by atoms with E-state index in [-0.39, 0.29) is 17.2 Å². The van der Waals surface area contributed by atoms with Gasteiger partial charge in [-0.1, -0.05) is 0 Å². The molecule has 0 aliphatic carbocycles. The summed E-state index contributed by atoms with van der Waals surface area (Å²) in [5.41, 5.74) is 0.312. The van der Waals surface area contributed by atoms with Gasteiger partial charge in [-0.2, -0.15) is 0 Å². The number of rotatable bonds is 1. The smallest absolute Gasteiger partial charge is 0.0541 e. The van der Waals surface area contributed by atoms with E-state index in [0.717, 1.165) is 12.8 Å². The van der Waals surface area contributed by atoms with E-state index in [4.69, 9.17) is 0 Å². The van der Waals surface area contributed by atoms with Gasteiger partial charge >= 0.3 is 0 Å². The number of nitrogens with one attached hydrogen (secondary N) is 1. The molecule has 1 atom stereocenters. The summed E-state index contributed by atoms with van der Waals surface area (Å²) in [4.78, 5) is 0. The number of aliphatic hydroxyl groups is 1. The highest BCUT2D eigenvalue weighted by Gasteiger charge is 2.38. The molecule has 2 nitrogen and oxygen atoms in total. The van der Waals surface area contributed by atoms with Gasteiger partial charge in [0.15, 0.2) is 0 Å². The van der Waals surface area contributed by atoms with Crippen LogP contribution in [0.15, 0.2) is 0 Å². The summed E-state index contributed by atoms with van der Waals surface area (Å²) in [6.45, 7) is 10.8. The van der Waals surface area contributed by atoms with Gasteiger partial charge in [0.25, 0.3) is 0 Å². The maximum atomic E-state index is 9.61. The standard InChI is InChI=1S/C11H23NO/c1-8(13)9-6-10(2,3)12-11(4,5)7-9/h8-9,12-13H,6-7H2,1-5H3. The Balaban J connectivity index is 2.72. The van der Waals surface area contributed by atoms with Gasteiger partial charge in [-0.25, -0.2) is 0 Å². The largest absolute Gasteiger partial charge is 0.393 e. The van der Waals surface area contributed by atoms with E-state index >= 15 is 0 Å². The van der Waals surface area contributed by atoms with Crippen LogP contribution in [0.2, 0.25) is 0 Å². The summed E-state index contributed by atoms with van der Waals surface area (Å²) < 4.78 is 0. The van der Waals surface area contributed by atoms with Crippen LogP contribution in [0.3, 0.4) is 0 Å². The Bertz CT molecular complexity index is 169. The fourth-order valence-corrected chi connectivity index (χ4v) is 2.74. The van der Waals surface area contributed by atoms with Gasteiger partial charge in [0, 0.05) is 11.1 Å². The van der Waals surface area contributed by atoms with Crippen LogP contribution < -0.4 is 5.32 Å². The molecule has 1 saturated heterocycles. The number of hydrogen-bond donors (Lipinski definition) is 2. The summed E-state index contributed by atoms with van der Waals surface area (Å²) in [5.74, 6) is 0.436. The normalized spacial score (nSPS) is 30.0. The first kappa shape index (κ1) is 11.0. The lowest BCUT2D eigenvalue weighted by atomic mass is 9.74. The van der Waals surface area contributed by atoms with Crippen LogP contribution in [-0.2, 0) is 0 Å². The summed E-state index contributed by atoms with van der Waals surface area (Å²) in [6, 6.07) is 0. The summed E-state index contributed by atoms with van der Waals surface area (Å²) >= 11 is 0. The van der Waals surface area contributed by atoms with Crippen molar-refractivity contribution in [3.63, 3.8) is 0 Å². The molecule has 1 rings (SSSR count). The number of piperidine rings is 1. The van der Waals surface area contributed by atoms with Crippen molar-refractivity contribution in [2.24, 2.45) is 5.92 Å². The second-order valence-corrected chi connectivity index (χ2v) is 5.80. The number of aliphatic hydroxyl groups excluding tert-OH is 1. The van der Waals surface area contributed by atoms with Gasteiger partial charge < -0.3 is 10.4 Å². The second-order valence-electron chi connectivity index (χ2n) is 5.80. The monoisotopic (exact) mass is 185 g/mol. The molecule has 13 heavy (non-hydrogen) atoms. The molecule has 0 amide bonds. The molecular formula is C11H23NO. The molecule has 1 unspecified atom stereocenters. The van der Waals surface area contributed by atoms with Crippen molar-refractivity contribution in [1.82, 2.24) is 5.32 Å². The van der Waals surface area contributed by atoms with Crippen molar-refractivity contribution in [3.8, 4) is 0 Å². The maximum absolute atomic E-state index is 9.61. The highest BCUT2D eigenvalue weighted by molar-refractivity contribution is 4.97. The molecule has 2 heteroatoms. The fraction of sp³-hybridized carbons (Fsp3) is 1.00. The number of hydrogen-bond acceptors (Lipinski definition) is 2. The van der Waals surface area contributed by atoms with Crippen LogP contribution in [0.5, 0.6) is 0 Å². The van der Waals surface area contributed by atoms with Crippen molar-refractivity contribution in [3.05, 3.63) is 0 Å². The quantitative estimate of drug-likeness (QED) is 0.654. The van der Waals surface area contributed by atoms with Crippen LogP contribution in [0, 0.1) is 5.92 Å². The zero-order valence-electron chi connectivity index (χ0n) is 9.52. The van der Waals surface area contributed by atoms with Crippen molar-refractivity contribution >= 4 is 0 Å². The highest BCUT2D eigenvalue weighted by Crippen LogP contribution is 2.34. The predicted molar refractivity (Wildman–Crippen MR) is 55.7 cm³/mol. The molecule has 78 valence electrons.